The first-order valence-electron chi connectivity index (χ1n) is 5.17. The molecule has 0 aliphatic heterocycles. The average Bonchev–Trinajstić information content (AvgIpc) is 2.62. The van der Waals surface area contributed by atoms with Gasteiger partial charge in [-0.1, -0.05) is 31.1 Å². The number of aromatic nitrogens is 2. The second kappa shape index (κ2) is 6.50. The molecular weight excluding hydrogens is 212 g/mol. The number of nitrogens with zero attached hydrogens (tertiary/aromatic N) is 2. The minimum atomic E-state index is -0.142. The molecule has 0 aliphatic carbocycles. The van der Waals surface area contributed by atoms with Crippen LogP contribution in [0.4, 0.5) is 0 Å². The van der Waals surface area contributed by atoms with Gasteiger partial charge in [-0.3, -0.25) is 4.79 Å². The molecule has 5 heteroatoms. The van der Waals surface area contributed by atoms with Crippen LogP contribution in [0.2, 0.25) is 0 Å². The Morgan fingerprint density at radius 3 is 2.80 bits per heavy atom. The first-order chi connectivity index (χ1) is 7.22. The maximum atomic E-state index is 11.2. The topological polar surface area (TPSA) is 52.1 Å². The Hall–Kier alpha value is -0.970. The molecule has 1 heterocycles. The van der Waals surface area contributed by atoms with Crippen molar-refractivity contribution >= 4 is 17.3 Å². The van der Waals surface area contributed by atoms with Gasteiger partial charge in [0, 0.05) is 6.42 Å². The predicted molar refractivity (Wildman–Crippen MR) is 58.6 cm³/mol. The van der Waals surface area contributed by atoms with E-state index in [4.69, 9.17) is 4.74 Å². The minimum absolute atomic E-state index is 0.142. The second-order valence-electron chi connectivity index (χ2n) is 3.33. The van der Waals surface area contributed by atoms with Crippen LogP contribution >= 0.6 is 11.3 Å². The number of carbonyl (C=O) groups is 1. The van der Waals surface area contributed by atoms with Gasteiger partial charge in [-0.15, -0.1) is 10.2 Å². The number of esters is 1. The highest BCUT2D eigenvalue weighted by Gasteiger charge is 2.05. The van der Waals surface area contributed by atoms with Crippen LogP contribution in [0.1, 0.15) is 42.6 Å². The van der Waals surface area contributed by atoms with Crippen LogP contribution in [0, 0.1) is 6.92 Å². The Bertz CT molecular complexity index is 312. The van der Waals surface area contributed by atoms with Gasteiger partial charge in [0.25, 0.3) is 0 Å². The van der Waals surface area contributed by atoms with E-state index in [0.29, 0.717) is 6.42 Å². The maximum Gasteiger partial charge on any atom is 0.306 e. The van der Waals surface area contributed by atoms with Crippen LogP contribution in [0.15, 0.2) is 0 Å². The fraction of sp³-hybridized carbons (Fsp3) is 0.700. The van der Waals surface area contributed by atoms with E-state index in [-0.39, 0.29) is 12.6 Å². The largest absolute Gasteiger partial charge is 0.458 e. The van der Waals surface area contributed by atoms with Crippen LogP contribution in [0.25, 0.3) is 0 Å². The van der Waals surface area contributed by atoms with E-state index in [2.05, 4.69) is 17.1 Å². The van der Waals surface area contributed by atoms with E-state index in [1.807, 2.05) is 6.92 Å². The van der Waals surface area contributed by atoms with E-state index in [9.17, 15) is 4.79 Å². The van der Waals surface area contributed by atoms with Crippen molar-refractivity contribution in [3.63, 3.8) is 0 Å². The Balaban J connectivity index is 2.16. The van der Waals surface area contributed by atoms with Crippen LogP contribution in [-0.4, -0.2) is 16.2 Å². The molecule has 0 N–H and O–H groups in total. The Morgan fingerprint density at radius 1 is 1.40 bits per heavy atom. The summed E-state index contributed by atoms with van der Waals surface area (Å²) in [5.41, 5.74) is 0. The number of hydrogen-bond acceptors (Lipinski definition) is 5. The van der Waals surface area contributed by atoms with Gasteiger partial charge in [0.1, 0.15) is 11.6 Å². The molecule has 1 aromatic rings. The summed E-state index contributed by atoms with van der Waals surface area (Å²) in [5.74, 6) is -0.142. The molecule has 0 saturated heterocycles. The summed E-state index contributed by atoms with van der Waals surface area (Å²) >= 11 is 1.46. The molecule has 15 heavy (non-hydrogen) atoms. The third kappa shape index (κ3) is 4.88. The zero-order valence-electron chi connectivity index (χ0n) is 9.15. The van der Waals surface area contributed by atoms with Crippen molar-refractivity contribution in [1.82, 2.24) is 10.2 Å². The number of rotatable bonds is 6. The van der Waals surface area contributed by atoms with Crippen LogP contribution in [0.3, 0.4) is 0 Å². The van der Waals surface area contributed by atoms with Gasteiger partial charge in [0.05, 0.1) is 0 Å². The number of unbranched alkanes of at least 4 members (excludes halogenated alkanes) is 2. The number of ether oxygens (including phenoxy) is 1. The van der Waals surface area contributed by atoms with E-state index in [1.54, 1.807) is 0 Å². The van der Waals surface area contributed by atoms with E-state index < -0.39 is 0 Å². The van der Waals surface area contributed by atoms with Crippen molar-refractivity contribution in [3.8, 4) is 0 Å². The molecule has 0 saturated carbocycles. The lowest BCUT2D eigenvalue weighted by Crippen LogP contribution is -2.04. The summed E-state index contributed by atoms with van der Waals surface area (Å²) in [5, 5.41) is 9.38. The minimum Gasteiger partial charge on any atom is -0.458 e. The molecule has 0 radical (unpaired) electrons. The molecule has 0 aliphatic rings. The van der Waals surface area contributed by atoms with Gasteiger partial charge >= 0.3 is 5.97 Å². The van der Waals surface area contributed by atoms with E-state index in [0.717, 1.165) is 29.3 Å². The standard InChI is InChI=1S/C10H16N2O2S/c1-3-4-5-6-10(13)14-7-9-12-11-8(2)15-9/h3-7H2,1-2H3. The van der Waals surface area contributed by atoms with Crippen molar-refractivity contribution in [2.45, 2.75) is 46.1 Å². The quantitative estimate of drug-likeness (QED) is 0.554. The summed E-state index contributed by atoms with van der Waals surface area (Å²) in [6, 6.07) is 0. The van der Waals surface area contributed by atoms with Crippen LogP contribution in [-0.2, 0) is 16.1 Å². The Labute approximate surface area is 93.7 Å². The monoisotopic (exact) mass is 228 g/mol. The van der Waals surface area contributed by atoms with Gasteiger partial charge in [0.2, 0.25) is 0 Å². The lowest BCUT2D eigenvalue weighted by molar-refractivity contribution is -0.145. The first-order valence-corrected chi connectivity index (χ1v) is 5.98. The zero-order chi connectivity index (χ0) is 11.1. The zero-order valence-corrected chi connectivity index (χ0v) is 9.97. The highest BCUT2D eigenvalue weighted by molar-refractivity contribution is 7.11. The lowest BCUT2D eigenvalue weighted by atomic mass is 10.2. The van der Waals surface area contributed by atoms with Gasteiger partial charge in [-0.05, 0) is 13.3 Å². The average molecular weight is 228 g/mol. The number of hydrogen-bond donors (Lipinski definition) is 0. The van der Waals surface area contributed by atoms with Gasteiger partial charge < -0.3 is 4.74 Å². The summed E-state index contributed by atoms with van der Waals surface area (Å²) in [6.45, 7) is 4.25. The molecule has 1 rings (SSSR count). The number of carbonyl (C=O) groups excluding carboxylic acids is 1. The normalized spacial score (nSPS) is 10.3. The van der Waals surface area contributed by atoms with E-state index >= 15 is 0 Å². The van der Waals surface area contributed by atoms with Crippen LogP contribution < -0.4 is 0 Å². The molecule has 4 nitrogen and oxygen atoms in total. The maximum absolute atomic E-state index is 11.2. The molecule has 0 spiro atoms. The molecule has 0 unspecified atom stereocenters. The first kappa shape index (κ1) is 12.1. The predicted octanol–water partition coefficient (Wildman–Crippen LogP) is 2.47. The molecular formula is C10H16N2O2S. The molecule has 84 valence electrons. The van der Waals surface area contributed by atoms with Gasteiger partial charge in [0.15, 0.2) is 5.01 Å². The smallest absolute Gasteiger partial charge is 0.306 e. The van der Waals surface area contributed by atoms with Crippen molar-refractivity contribution in [3.05, 3.63) is 10.0 Å². The third-order valence-corrected chi connectivity index (χ3v) is 2.72. The van der Waals surface area contributed by atoms with E-state index in [1.165, 1.54) is 11.3 Å². The molecule has 0 aromatic carbocycles. The van der Waals surface area contributed by atoms with Crippen molar-refractivity contribution < 1.29 is 9.53 Å². The Morgan fingerprint density at radius 2 is 2.20 bits per heavy atom. The summed E-state index contributed by atoms with van der Waals surface area (Å²) in [4.78, 5) is 11.2. The third-order valence-electron chi connectivity index (χ3n) is 1.91. The summed E-state index contributed by atoms with van der Waals surface area (Å²) < 4.78 is 5.06. The summed E-state index contributed by atoms with van der Waals surface area (Å²) in [7, 11) is 0. The lowest BCUT2D eigenvalue weighted by Gasteiger charge is -2.01. The number of aryl methyl sites for hydroxylation is 1. The van der Waals surface area contributed by atoms with Gasteiger partial charge in [-0.25, -0.2) is 0 Å². The highest BCUT2D eigenvalue weighted by atomic mass is 32.1. The molecule has 0 bridgehead atoms. The second-order valence-corrected chi connectivity index (χ2v) is 4.60. The fourth-order valence-corrected chi connectivity index (χ4v) is 1.75. The molecule has 0 amide bonds. The SMILES string of the molecule is CCCCCC(=O)OCc1nnc(C)s1. The molecule has 0 atom stereocenters. The fourth-order valence-electron chi connectivity index (χ4n) is 1.13. The summed E-state index contributed by atoms with van der Waals surface area (Å²) in [6.07, 6.45) is 3.60. The Kier molecular flexibility index (Phi) is 5.25. The molecule has 0 fully saturated rings. The highest BCUT2D eigenvalue weighted by Crippen LogP contribution is 2.10. The van der Waals surface area contributed by atoms with Crippen molar-refractivity contribution in [2.75, 3.05) is 0 Å². The van der Waals surface area contributed by atoms with Crippen molar-refractivity contribution in [2.24, 2.45) is 0 Å². The van der Waals surface area contributed by atoms with Crippen molar-refractivity contribution in [1.29, 1.82) is 0 Å². The molecule has 1 aromatic heterocycles. The van der Waals surface area contributed by atoms with Crippen LogP contribution in [0.5, 0.6) is 0 Å². The van der Waals surface area contributed by atoms with Gasteiger partial charge in [-0.2, -0.15) is 0 Å².